The number of carbonyl (C=O) groups is 2. The minimum absolute atomic E-state index is 0.200. The summed E-state index contributed by atoms with van der Waals surface area (Å²) in [6.45, 7) is 0. The van der Waals surface area contributed by atoms with Crippen molar-refractivity contribution in [3.8, 4) is 0 Å². The summed E-state index contributed by atoms with van der Waals surface area (Å²) in [5, 5.41) is 11.2. The lowest BCUT2D eigenvalue weighted by Gasteiger charge is -2.05. The molecule has 0 heterocycles. The molecule has 0 aliphatic carbocycles. The van der Waals surface area contributed by atoms with Crippen molar-refractivity contribution in [2.45, 2.75) is 0 Å². The van der Waals surface area contributed by atoms with E-state index in [0.29, 0.717) is 9.26 Å². The average molecular weight is 321 g/mol. The number of halogens is 1. The fraction of sp³-hybridized carbons (Fsp3) is 0.111. The van der Waals surface area contributed by atoms with Gasteiger partial charge in [0.2, 0.25) is 0 Å². The second-order valence-corrected chi connectivity index (χ2v) is 3.78. The van der Waals surface area contributed by atoms with Gasteiger partial charge in [0.15, 0.2) is 0 Å². The van der Waals surface area contributed by atoms with E-state index in [0.717, 1.165) is 0 Å². The molecular weight excluding hydrogens is 313 g/mol. The Balaban J connectivity index is 2.91. The number of aromatic carboxylic acids is 1. The van der Waals surface area contributed by atoms with E-state index >= 15 is 0 Å². The summed E-state index contributed by atoms with van der Waals surface area (Å²) < 4.78 is 4.95. The van der Waals surface area contributed by atoms with Gasteiger partial charge in [0, 0.05) is 9.26 Å². The number of carboxylic acid groups (broad SMARTS) is 1. The smallest absolute Gasteiger partial charge is 0.411 e. The van der Waals surface area contributed by atoms with Crippen molar-refractivity contribution in [3.05, 3.63) is 27.3 Å². The number of ether oxygens (including phenoxy) is 1. The van der Waals surface area contributed by atoms with E-state index in [-0.39, 0.29) is 5.56 Å². The summed E-state index contributed by atoms with van der Waals surface area (Å²) in [6, 6.07) is 4.48. The van der Waals surface area contributed by atoms with Gasteiger partial charge in [-0.05, 0) is 40.8 Å². The lowest BCUT2D eigenvalue weighted by molar-refractivity contribution is 0.0695. The molecule has 0 aromatic heterocycles. The number of hydrogen-bond acceptors (Lipinski definition) is 3. The van der Waals surface area contributed by atoms with Crippen LogP contribution in [-0.2, 0) is 4.74 Å². The van der Waals surface area contributed by atoms with Crippen LogP contribution in [0.2, 0.25) is 0 Å². The van der Waals surface area contributed by atoms with E-state index in [9.17, 15) is 9.59 Å². The zero-order chi connectivity index (χ0) is 11.4. The number of hydrogen-bond donors (Lipinski definition) is 2. The van der Waals surface area contributed by atoms with Crippen molar-refractivity contribution in [1.82, 2.24) is 0 Å². The monoisotopic (exact) mass is 321 g/mol. The normalized spacial score (nSPS) is 9.47. The Labute approximate surface area is 99.6 Å². The molecule has 0 fully saturated rings. The molecule has 80 valence electrons. The molecule has 0 aliphatic rings. The molecule has 0 radical (unpaired) electrons. The first kappa shape index (κ1) is 11.8. The van der Waals surface area contributed by atoms with Gasteiger partial charge in [-0.1, -0.05) is 0 Å². The third-order valence-corrected chi connectivity index (χ3v) is 2.52. The zero-order valence-corrected chi connectivity index (χ0v) is 9.94. The van der Waals surface area contributed by atoms with Gasteiger partial charge in [0.05, 0.1) is 12.7 Å². The molecule has 0 saturated heterocycles. The van der Waals surface area contributed by atoms with E-state index in [1.165, 1.54) is 19.2 Å². The number of rotatable bonds is 2. The van der Waals surface area contributed by atoms with Crippen LogP contribution in [0.3, 0.4) is 0 Å². The Morgan fingerprint density at radius 1 is 1.47 bits per heavy atom. The highest BCUT2D eigenvalue weighted by Gasteiger charge is 2.09. The maximum absolute atomic E-state index is 10.9. The van der Waals surface area contributed by atoms with Gasteiger partial charge in [-0.3, -0.25) is 5.32 Å². The Kier molecular flexibility index (Phi) is 3.89. The molecule has 5 nitrogen and oxygen atoms in total. The first-order valence-electron chi connectivity index (χ1n) is 3.92. The third kappa shape index (κ3) is 3.08. The van der Waals surface area contributed by atoms with Gasteiger partial charge in [-0.25, -0.2) is 9.59 Å². The van der Waals surface area contributed by atoms with Gasteiger partial charge in [0.1, 0.15) is 0 Å². The minimum atomic E-state index is -0.996. The maximum atomic E-state index is 10.9. The molecule has 1 aromatic carbocycles. The lowest BCUT2D eigenvalue weighted by atomic mass is 10.2. The van der Waals surface area contributed by atoms with Crippen LogP contribution in [-0.4, -0.2) is 24.3 Å². The molecule has 2 N–H and O–H groups in total. The molecule has 0 unspecified atom stereocenters. The van der Waals surface area contributed by atoms with Crippen LogP contribution < -0.4 is 5.32 Å². The molecule has 1 aromatic rings. The average Bonchev–Trinajstić information content (AvgIpc) is 2.17. The minimum Gasteiger partial charge on any atom is -0.478 e. The quantitative estimate of drug-likeness (QED) is 0.819. The van der Waals surface area contributed by atoms with Crippen LogP contribution in [0.15, 0.2) is 18.2 Å². The lowest BCUT2D eigenvalue weighted by Crippen LogP contribution is -2.11. The Morgan fingerprint density at radius 3 is 2.60 bits per heavy atom. The summed E-state index contributed by atoms with van der Waals surface area (Å²) in [5.41, 5.74) is 0.697. The van der Waals surface area contributed by atoms with Crippen LogP contribution >= 0.6 is 22.6 Å². The van der Waals surface area contributed by atoms with E-state index < -0.39 is 12.1 Å². The summed E-state index contributed by atoms with van der Waals surface area (Å²) in [6.07, 6.45) is -0.589. The fourth-order valence-electron chi connectivity index (χ4n) is 0.935. The van der Waals surface area contributed by atoms with Gasteiger partial charge < -0.3 is 9.84 Å². The standard InChI is InChI=1S/C9H8INO4/c1-15-9(14)11-5-2-3-6(8(12)13)7(10)4-5/h2-4H,1H3,(H,11,14)(H,12,13). The van der Waals surface area contributed by atoms with E-state index in [4.69, 9.17) is 5.11 Å². The third-order valence-electron chi connectivity index (χ3n) is 1.63. The Hall–Kier alpha value is -1.31. The van der Waals surface area contributed by atoms with Crippen LogP contribution in [0, 0.1) is 3.57 Å². The summed E-state index contributed by atoms with van der Waals surface area (Å²) in [5.74, 6) is -0.996. The highest BCUT2D eigenvalue weighted by atomic mass is 127. The van der Waals surface area contributed by atoms with E-state index in [1.807, 2.05) is 22.6 Å². The Bertz CT molecular complexity index is 405. The summed E-state index contributed by atoms with van der Waals surface area (Å²) >= 11 is 1.89. The van der Waals surface area contributed by atoms with Crippen LogP contribution in [0.4, 0.5) is 10.5 Å². The van der Waals surface area contributed by atoms with Crippen molar-refractivity contribution in [1.29, 1.82) is 0 Å². The van der Waals surface area contributed by atoms with Gasteiger partial charge in [0.25, 0.3) is 0 Å². The maximum Gasteiger partial charge on any atom is 0.411 e. The van der Waals surface area contributed by atoms with E-state index in [1.54, 1.807) is 6.07 Å². The predicted octanol–water partition coefficient (Wildman–Crippen LogP) is 2.17. The molecule has 0 saturated carbocycles. The number of carboxylic acids is 1. The number of anilines is 1. The zero-order valence-electron chi connectivity index (χ0n) is 7.78. The van der Waals surface area contributed by atoms with Crippen molar-refractivity contribution in [3.63, 3.8) is 0 Å². The first-order chi connectivity index (χ1) is 7.04. The predicted molar refractivity (Wildman–Crippen MR) is 62.1 cm³/mol. The van der Waals surface area contributed by atoms with Gasteiger partial charge >= 0.3 is 12.1 Å². The SMILES string of the molecule is COC(=O)Nc1ccc(C(=O)O)c(I)c1. The van der Waals surface area contributed by atoms with Gasteiger partial charge in [-0.2, -0.15) is 0 Å². The summed E-state index contributed by atoms with van der Waals surface area (Å²) in [4.78, 5) is 21.6. The number of amides is 1. The topological polar surface area (TPSA) is 75.6 Å². The second-order valence-electron chi connectivity index (χ2n) is 2.62. The number of carbonyl (C=O) groups excluding carboxylic acids is 1. The largest absolute Gasteiger partial charge is 0.478 e. The van der Waals surface area contributed by atoms with Crippen molar-refractivity contribution in [2.24, 2.45) is 0 Å². The Morgan fingerprint density at radius 2 is 2.13 bits per heavy atom. The molecular formula is C9H8INO4. The fourth-order valence-corrected chi connectivity index (χ4v) is 1.68. The molecule has 0 spiro atoms. The molecule has 1 amide bonds. The van der Waals surface area contributed by atoms with Crippen LogP contribution in [0.1, 0.15) is 10.4 Å². The number of methoxy groups -OCH3 is 1. The van der Waals surface area contributed by atoms with Crippen LogP contribution in [0.25, 0.3) is 0 Å². The summed E-state index contributed by atoms with van der Waals surface area (Å²) in [7, 11) is 1.26. The van der Waals surface area contributed by atoms with Crippen molar-refractivity contribution >= 4 is 40.3 Å². The first-order valence-corrected chi connectivity index (χ1v) is 5.00. The molecule has 6 heteroatoms. The molecule has 0 atom stereocenters. The number of nitrogens with one attached hydrogen (secondary N) is 1. The number of benzene rings is 1. The van der Waals surface area contributed by atoms with Crippen LogP contribution in [0.5, 0.6) is 0 Å². The molecule has 0 bridgehead atoms. The van der Waals surface area contributed by atoms with Gasteiger partial charge in [-0.15, -0.1) is 0 Å². The molecule has 1 rings (SSSR count). The highest BCUT2D eigenvalue weighted by Crippen LogP contribution is 2.18. The van der Waals surface area contributed by atoms with Crippen molar-refractivity contribution < 1.29 is 19.4 Å². The van der Waals surface area contributed by atoms with Crippen molar-refractivity contribution in [2.75, 3.05) is 12.4 Å². The second kappa shape index (κ2) is 4.96. The molecule has 15 heavy (non-hydrogen) atoms. The molecule has 0 aliphatic heterocycles. The van der Waals surface area contributed by atoms with E-state index in [2.05, 4.69) is 10.1 Å². The highest BCUT2D eigenvalue weighted by molar-refractivity contribution is 14.1.